The van der Waals surface area contributed by atoms with Crippen LogP contribution in [0.3, 0.4) is 0 Å². The van der Waals surface area contributed by atoms with Crippen LogP contribution in [-0.4, -0.2) is 31.1 Å². The average molecular weight is 436 g/mol. The van der Waals surface area contributed by atoms with Crippen molar-refractivity contribution < 1.29 is 22.3 Å². The van der Waals surface area contributed by atoms with E-state index in [0.717, 1.165) is 17.8 Å². The molecule has 0 spiro atoms. The first kappa shape index (κ1) is 20.9. The summed E-state index contributed by atoms with van der Waals surface area (Å²) in [6.45, 7) is 2.42. The van der Waals surface area contributed by atoms with Crippen molar-refractivity contribution in [2.75, 3.05) is 11.9 Å². The van der Waals surface area contributed by atoms with E-state index >= 15 is 0 Å². The first-order valence-electron chi connectivity index (χ1n) is 8.73. The number of aromatic nitrogens is 2. The van der Waals surface area contributed by atoms with Gasteiger partial charge in [0.1, 0.15) is 11.6 Å². The van der Waals surface area contributed by atoms with E-state index in [1.54, 1.807) is 24.3 Å². The summed E-state index contributed by atoms with van der Waals surface area (Å²) in [5.74, 6) is -0.838. The molecule has 0 saturated carbocycles. The number of halogens is 1. The number of hydrogen-bond donors (Lipinski definition) is 1. The molecule has 0 aliphatic carbocycles. The van der Waals surface area contributed by atoms with Gasteiger partial charge in [-0.1, -0.05) is 42.5 Å². The first-order valence-corrected chi connectivity index (χ1v) is 11.2. The first-order chi connectivity index (χ1) is 13.9. The minimum atomic E-state index is -3.78. The third-order valence-corrected chi connectivity index (χ3v) is 6.73. The van der Waals surface area contributed by atoms with Crippen molar-refractivity contribution in [1.29, 1.82) is 0 Å². The zero-order valence-corrected chi connectivity index (χ0v) is 17.1. The summed E-state index contributed by atoms with van der Waals surface area (Å²) >= 11 is 0.752. The smallest absolute Gasteiger partial charge is 0.261 e. The highest BCUT2D eigenvalue weighted by molar-refractivity contribution is 7.92. The lowest BCUT2D eigenvalue weighted by molar-refractivity contribution is 0.102. The third-order valence-electron chi connectivity index (χ3n) is 3.76. The van der Waals surface area contributed by atoms with Gasteiger partial charge in [-0.2, -0.15) is 0 Å². The van der Waals surface area contributed by atoms with E-state index in [9.17, 15) is 17.6 Å². The van der Waals surface area contributed by atoms with Crippen LogP contribution in [0.4, 0.5) is 9.52 Å². The Balaban J connectivity index is 1.73. The Morgan fingerprint density at radius 2 is 1.86 bits per heavy atom. The number of hydrogen-bond acceptors (Lipinski definition) is 7. The molecule has 10 heteroatoms. The van der Waals surface area contributed by atoms with E-state index in [0.29, 0.717) is 23.5 Å². The average Bonchev–Trinajstić information content (AvgIpc) is 3.18. The molecule has 3 rings (SSSR count). The lowest BCUT2D eigenvalue weighted by Crippen LogP contribution is -2.13. The number of rotatable bonds is 8. The monoisotopic (exact) mass is 435 g/mol. The zero-order chi connectivity index (χ0) is 20.9. The molecular formula is C19H18FN3O4S2. The van der Waals surface area contributed by atoms with Crippen LogP contribution in [0.5, 0.6) is 5.75 Å². The Bertz CT molecular complexity index is 1100. The van der Waals surface area contributed by atoms with Crippen LogP contribution in [-0.2, 0) is 15.6 Å². The minimum Gasteiger partial charge on any atom is -0.493 e. The summed E-state index contributed by atoms with van der Waals surface area (Å²) in [6, 6.07) is 11.9. The van der Waals surface area contributed by atoms with Crippen LogP contribution in [0, 0.1) is 5.82 Å². The van der Waals surface area contributed by atoms with Gasteiger partial charge in [0.05, 0.1) is 17.9 Å². The van der Waals surface area contributed by atoms with Crippen LogP contribution in [0.2, 0.25) is 0 Å². The third kappa shape index (κ3) is 5.36. The van der Waals surface area contributed by atoms with E-state index in [1.807, 2.05) is 6.92 Å². The molecule has 1 amide bonds. The fourth-order valence-corrected chi connectivity index (χ4v) is 4.72. The van der Waals surface area contributed by atoms with Crippen molar-refractivity contribution in [2.45, 2.75) is 23.4 Å². The van der Waals surface area contributed by atoms with Crippen LogP contribution in [0.25, 0.3) is 0 Å². The van der Waals surface area contributed by atoms with Crippen LogP contribution in [0.1, 0.15) is 29.3 Å². The lowest BCUT2D eigenvalue weighted by atomic mass is 10.2. The van der Waals surface area contributed by atoms with E-state index < -0.39 is 21.6 Å². The van der Waals surface area contributed by atoms with E-state index in [4.69, 9.17) is 4.74 Å². The second-order valence-corrected chi connectivity index (χ2v) is 9.20. The van der Waals surface area contributed by atoms with E-state index in [-0.39, 0.29) is 15.2 Å². The Hall–Kier alpha value is -2.85. The lowest BCUT2D eigenvalue weighted by Gasteiger charge is -2.09. The van der Waals surface area contributed by atoms with Crippen LogP contribution in [0.15, 0.2) is 52.9 Å². The molecule has 0 fully saturated rings. The van der Waals surface area contributed by atoms with Gasteiger partial charge in [-0.25, -0.2) is 12.8 Å². The number of sulfone groups is 1. The molecule has 0 radical (unpaired) electrons. The Kier molecular flexibility index (Phi) is 6.55. The number of carbonyl (C=O) groups is 1. The number of benzene rings is 2. The standard InChI is InChI=1S/C19H18FN3O4S2/c1-2-11-27-16-6-4-3-5-15(16)17(24)21-18-22-23-19(28-18)29(25,26)12-13-7-9-14(20)10-8-13/h3-10H,2,11-12H2,1H3,(H,21,22,24). The van der Waals surface area contributed by atoms with Gasteiger partial charge in [-0.05, 0) is 36.2 Å². The normalized spacial score (nSPS) is 11.2. The Labute approximate surface area is 171 Å². The van der Waals surface area contributed by atoms with Gasteiger partial charge in [-0.15, -0.1) is 10.2 Å². The molecule has 152 valence electrons. The maximum atomic E-state index is 13.0. The molecule has 29 heavy (non-hydrogen) atoms. The fourth-order valence-electron chi connectivity index (χ4n) is 2.40. The number of ether oxygens (including phenoxy) is 1. The van der Waals surface area contributed by atoms with Gasteiger partial charge in [0.15, 0.2) is 0 Å². The highest BCUT2D eigenvalue weighted by Crippen LogP contribution is 2.25. The number of para-hydroxylation sites is 1. The van der Waals surface area contributed by atoms with Gasteiger partial charge in [0.2, 0.25) is 19.3 Å². The Morgan fingerprint density at radius 1 is 1.14 bits per heavy atom. The molecule has 0 unspecified atom stereocenters. The highest BCUT2D eigenvalue weighted by Gasteiger charge is 2.22. The molecule has 0 atom stereocenters. The molecule has 1 heterocycles. The molecule has 0 saturated heterocycles. The molecular weight excluding hydrogens is 417 g/mol. The predicted molar refractivity (Wildman–Crippen MR) is 107 cm³/mol. The number of amides is 1. The number of nitrogens with zero attached hydrogens (tertiary/aromatic N) is 2. The number of anilines is 1. The van der Waals surface area contributed by atoms with Gasteiger partial charge < -0.3 is 4.74 Å². The van der Waals surface area contributed by atoms with Crippen molar-refractivity contribution in [3.63, 3.8) is 0 Å². The van der Waals surface area contributed by atoms with Gasteiger partial charge in [0.25, 0.3) is 5.91 Å². The molecule has 0 bridgehead atoms. The van der Waals surface area contributed by atoms with Crippen molar-refractivity contribution in [3.8, 4) is 5.75 Å². The van der Waals surface area contributed by atoms with E-state index in [1.165, 1.54) is 24.3 Å². The fraction of sp³-hybridized carbons (Fsp3) is 0.211. The van der Waals surface area contributed by atoms with Gasteiger partial charge in [0, 0.05) is 0 Å². The van der Waals surface area contributed by atoms with Crippen molar-refractivity contribution in [2.24, 2.45) is 0 Å². The van der Waals surface area contributed by atoms with Crippen molar-refractivity contribution in [3.05, 3.63) is 65.5 Å². The van der Waals surface area contributed by atoms with Gasteiger partial charge in [-0.3, -0.25) is 10.1 Å². The van der Waals surface area contributed by atoms with E-state index in [2.05, 4.69) is 15.5 Å². The summed E-state index contributed by atoms with van der Waals surface area (Å²) in [5, 5.41) is 10.0. The summed E-state index contributed by atoms with van der Waals surface area (Å²) in [7, 11) is -3.78. The molecule has 3 aromatic rings. The summed E-state index contributed by atoms with van der Waals surface area (Å²) in [4.78, 5) is 12.5. The maximum Gasteiger partial charge on any atom is 0.261 e. The summed E-state index contributed by atoms with van der Waals surface area (Å²) < 4.78 is 43.3. The van der Waals surface area contributed by atoms with Crippen molar-refractivity contribution >= 4 is 32.2 Å². The highest BCUT2D eigenvalue weighted by atomic mass is 32.2. The summed E-state index contributed by atoms with van der Waals surface area (Å²) in [5.41, 5.74) is 0.737. The molecule has 7 nitrogen and oxygen atoms in total. The molecule has 1 aromatic heterocycles. The zero-order valence-electron chi connectivity index (χ0n) is 15.5. The molecule has 0 aliphatic rings. The summed E-state index contributed by atoms with van der Waals surface area (Å²) in [6.07, 6.45) is 0.793. The topological polar surface area (TPSA) is 98.2 Å². The molecule has 2 aromatic carbocycles. The largest absolute Gasteiger partial charge is 0.493 e. The van der Waals surface area contributed by atoms with Crippen LogP contribution >= 0.6 is 11.3 Å². The van der Waals surface area contributed by atoms with Crippen LogP contribution < -0.4 is 10.1 Å². The SMILES string of the molecule is CCCOc1ccccc1C(=O)Nc1nnc(S(=O)(=O)Cc2ccc(F)cc2)s1. The number of nitrogens with one attached hydrogen (secondary N) is 1. The molecule has 1 N–H and O–H groups in total. The number of carbonyl (C=O) groups excluding carboxylic acids is 1. The predicted octanol–water partition coefficient (Wildman–Crippen LogP) is 3.69. The molecule has 0 aliphatic heterocycles. The second-order valence-electron chi connectivity index (χ2n) is 6.06. The Morgan fingerprint density at radius 3 is 2.59 bits per heavy atom. The van der Waals surface area contributed by atoms with Crippen molar-refractivity contribution in [1.82, 2.24) is 10.2 Å². The minimum absolute atomic E-state index is 0.0537. The van der Waals surface area contributed by atoms with Gasteiger partial charge >= 0.3 is 0 Å². The quantitative estimate of drug-likeness (QED) is 0.542. The second kappa shape index (κ2) is 9.10. The maximum absolute atomic E-state index is 13.0.